The van der Waals surface area contributed by atoms with E-state index in [4.69, 9.17) is 10.3 Å². The number of hydrogen-bond acceptors (Lipinski definition) is 5. The molecule has 0 radical (unpaired) electrons. The third-order valence-corrected chi connectivity index (χ3v) is 2.60. The van der Waals surface area contributed by atoms with Crippen molar-refractivity contribution in [3.8, 4) is 11.6 Å². The van der Waals surface area contributed by atoms with Crippen LogP contribution >= 0.6 is 0 Å². The van der Waals surface area contributed by atoms with Gasteiger partial charge >= 0.3 is 0 Å². The van der Waals surface area contributed by atoms with Crippen LogP contribution in [0.3, 0.4) is 0 Å². The standard InChI is InChI=1S/C12H10FN5O/c13-8-4-2-1-3-7(8)5-11-15-12(19-18-11)9-6-10(14)17-16-9/h1-4,6H,5H2,(H3,14,16,17). The quantitative estimate of drug-likeness (QED) is 0.747. The Balaban J connectivity index is 1.84. The number of aromatic amines is 1. The summed E-state index contributed by atoms with van der Waals surface area (Å²) in [5, 5.41) is 10.2. The largest absolute Gasteiger partial charge is 0.382 e. The van der Waals surface area contributed by atoms with Gasteiger partial charge in [0.05, 0.1) is 0 Å². The molecule has 7 heteroatoms. The Morgan fingerprint density at radius 3 is 2.89 bits per heavy atom. The molecule has 0 spiro atoms. The van der Waals surface area contributed by atoms with E-state index in [1.54, 1.807) is 24.3 Å². The third-order valence-electron chi connectivity index (χ3n) is 2.60. The molecule has 0 aliphatic heterocycles. The van der Waals surface area contributed by atoms with Crippen LogP contribution in [0, 0.1) is 5.82 Å². The highest BCUT2D eigenvalue weighted by Gasteiger charge is 2.12. The van der Waals surface area contributed by atoms with E-state index in [9.17, 15) is 4.39 Å². The molecule has 6 nitrogen and oxygen atoms in total. The summed E-state index contributed by atoms with van der Waals surface area (Å²) in [7, 11) is 0. The monoisotopic (exact) mass is 259 g/mol. The summed E-state index contributed by atoms with van der Waals surface area (Å²) in [5.41, 5.74) is 6.53. The molecule has 2 heterocycles. The molecule has 96 valence electrons. The van der Waals surface area contributed by atoms with Gasteiger partial charge in [-0.1, -0.05) is 23.4 Å². The zero-order valence-electron chi connectivity index (χ0n) is 9.80. The first-order valence-corrected chi connectivity index (χ1v) is 5.59. The van der Waals surface area contributed by atoms with Crippen molar-refractivity contribution in [1.82, 2.24) is 20.3 Å². The fourth-order valence-corrected chi connectivity index (χ4v) is 1.69. The van der Waals surface area contributed by atoms with Crippen LogP contribution in [0.4, 0.5) is 10.2 Å². The molecule has 3 N–H and O–H groups in total. The average Bonchev–Trinajstić information content (AvgIpc) is 3.01. The highest BCUT2D eigenvalue weighted by Crippen LogP contribution is 2.18. The van der Waals surface area contributed by atoms with E-state index >= 15 is 0 Å². The Hall–Kier alpha value is -2.70. The minimum Gasteiger partial charge on any atom is -0.382 e. The van der Waals surface area contributed by atoms with Crippen LogP contribution in [-0.2, 0) is 6.42 Å². The highest BCUT2D eigenvalue weighted by molar-refractivity contribution is 5.51. The van der Waals surface area contributed by atoms with Crippen LogP contribution in [0.25, 0.3) is 11.6 Å². The van der Waals surface area contributed by atoms with Crippen molar-refractivity contribution in [2.45, 2.75) is 6.42 Å². The maximum atomic E-state index is 13.5. The lowest BCUT2D eigenvalue weighted by Crippen LogP contribution is -1.94. The van der Waals surface area contributed by atoms with E-state index < -0.39 is 0 Å². The van der Waals surface area contributed by atoms with Crippen molar-refractivity contribution in [2.75, 3.05) is 5.73 Å². The van der Waals surface area contributed by atoms with Crippen molar-refractivity contribution in [2.24, 2.45) is 0 Å². The number of benzene rings is 1. The second-order valence-corrected chi connectivity index (χ2v) is 3.99. The topological polar surface area (TPSA) is 93.6 Å². The van der Waals surface area contributed by atoms with Crippen molar-refractivity contribution >= 4 is 5.82 Å². The highest BCUT2D eigenvalue weighted by atomic mass is 19.1. The Morgan fingerprint density at radius 2 is 2.16 bits per heavy atom. The van der Waals surface area contributed by atoms with Crippen LogP contribution < -0.4 is 5.73 Å². The van der Waals surface area contributed by atoms with Gasteiger partial charge in [0.15, 0.2) is 5.82 Å². The van der Waals surface area contributed by atoms with Gasteiger partial charge in [0, 0.05) is 12.5 Å². The van der Waals surface area contributed by atoms with Crippen LogP contribution in [-0.4, -0.2) is 20.3 Å². The Morgan fingerprint density at radius 1 is 1.32 bits per heavy atom. The molecule has 0 amide bonds. The van der Waals surface area contributed by atoms with E-state index in [-0.39, 0.29) is 18.1 Å². The lowest BCUT2D eigenvalue weighted by atomic mass is 10.1. The van der Waals surface area contributed by atoms with Gasteiger partial charge in [-0.2, -0.15) is 10.1 Å². The molecule has 19 heavy (non-hydrogen) atoms. The summed E-state index contributed by atoms with van der Waals surface area (Å²) in [6.07, 6.45) is 0.264. The fraction of sp³-hybridized carbons (Fsp3) is 0.0833. The molecule has 0 atom stereocenters. The first-order valence-electron chi connectivity index (χ1n) is 5.59. The van der Waals surface area contributed by atoms with E-state index in [1.165, 1.54) is 6.07 Å². The van der Waals surface area contributed by atoms with Gasteiger partial charge in [-0.25, -0.2) is 4.39 Å². The molecule has 3 aromatic rings. The molecule has 0 aliphatic carbocycles. The van der Waals surface area contributed by atoms with Crippen LogP contribution in [0.2, 0.25) is 0 Å². The third kappa shape index (κ3) is 2.30. The Bertz CT molecular complexity index is 705. The molecule has 0 unspecified atom stereocenters. The van der Waals surface area contributed by atoms with Crippen molar-refractivity contribution in [3.05, 3.63) is 47.5 Å². The number of hydrogen-bond donors (Lipinski definition) is 2. The Kier molecular flexibility index (Phi) is 2.71. The molecule has 3 rings (SSSR count). The van der Waals surface area contributed by atoms with E-state index in [1.807, 2.05) is 0 Å². The number of aromatic nitrogens is 4. The number of nitrogens with zero attached hydrogens (tertiary/aromatic N) is 3. The summed E-state index contributed by atoms with van der Waals surface area (Å²) >= 11 is 0. The summed E-state index contributed by atoms with van der Waals surface area (Å²) < 4.78 is 18.6. The summed E-state index contributed by atoms with van der Waals surface area (Å²) in [6.45, 7) is 0. The van der Waals surface area contributed by atoms with Crippen molar-refractivity contribution < 1.29 is 8.91 Å². The second kappa shape index (κ2) is 4.52. The Labute approximate surface area is 107 Å². The molecular weight excluding hydrogens is 249 g/mol. The summed E-state index contributed by atoms with van der Waals surface area (Å²) in [6, 6.07) is 8.05. The first-order chi connectivity index (χ1) is 9.22. The number of halogens is 1. The molecule has 0 bridgehead atoms. The van der Waals surface area contributed by atoms with Gasteiger partial charge in [-0.15, -0.1) is 0 Å². The average molecular weight is 259 g/mol. The van der Waals surface area contributed by atoms with E-state index in [0.29, 0.717) is 22.9 Å². The van der Waals surface area contributed by atoms with Crippen molar-refractivity contribution in [3.63, 3.8) is 0 Å². The molecule has 0 fully saturated rings. The lowest BCUT2D eigenvalue weighted by Gasteiger charge is -1.97. The lowest BCUT2D eigenvalue weighted by molar-refractivity contribution is 0.422. The van der Waals surface area contributed by atoms with E-state index in [0.717, 1.165) is 0 Å². The predicted octanol–water partition coefficient (Wildman–Crippen LogP) is 1.77. The van der Waals surface area contributed by atoms with Gasteiger partial charge in [0.25, 0.3) is 5.89 Å². The molecular formula is C12H10FN5O. The molecule has 0 saturated heterocycles. The van der Waals surface area contributed by atoms with Gasteiger partial charge in [-0.3, -0.25) is 5.10 Å². The van der Waals surface area contributed by atoms with Gasteiger partial charge < -0.3 is 10.3 Å². The number of nitrogens with one attached hydrogen (secondary N) is 1. The number of rotatable bonds is 3. The summed E-state index contributed by atoms with van der Waals surface area (Å²) in [5.74, 6) is 0.715. The minimum atomic E-state index is -0.292. The predicted molar refractivity (Wildman–Crippen MR) is 65.5 cm³/mol. The van der Waals surface area contributed by atoms with Crippen LogP contribution in [0.5, 0.6) is 0 Å². The number of nitrogen functional groups attached to an aromatic ring is 1. The zero-order valence-corrected chi connectivity index (χ0v) is 9.80. The second-order valence-electron chi connectivity index (χ2n) is 3.99. The first kappa shape index (κ1) is 11.4. The molecule has 0 saturated carbocycles. The SMILES string of the molecule is Nc1cc(-c2nc(Cc3ccccc3F)no2)[nH]n1. The molecule has 0 aliphatic rings. The smallest absolute Gasteiger partial charge is 0.276 e. The maximum absolute atomic E-state index is 13.5. The molecule has 1 aromatic carbocycles. The fourth-order valence-electron chi connectivity index (χ4n) is 1.69. The number of nitrogens with two attached hydrogens (primary N) is 1. The van der Waals surface area contributed by atoms with Crippen molar-refractivity contribution in [1.29, 1.82) is 0 Å². The number of anilines is 1. The van der Waals surface area contributed by atoms with Crippen LogP contribution in [0.1, 0.15) is 11.4 Å². The number of H-pyrrole nitrogens is 1. The normalized spacial score (nSPS) is 10.8. The van der Waals surface area contributed by atoms with Crippen LogP contribution in [0.15, 0.2) is 34.9 Å². The molecule has 2 aromatic heterocycles. The van der Waals surface area contributed by atoms with E-state index in [2.05, 4.69) is 20.3 Å². The minimum absolute atomic E-state index is 0.264. The zero-order chi connectivity index (χ0) is 13.2. The van der Waals surface area contributed by atoms with Gasteiger partial charge in [0.1, 0.15) is 17.3 Å². The van der Waals surface area contributed by atoms with Gasteiger partial charge in [-0.05, 0) is 11.6 Å². The maximum Gasteiger partial charge on any atom is 0.276 e. The van der Waals surface area contributed by atoms with Gasteiger partial charge in [0.2, 0.25) is 0 Å². The summed E-state index contributed by atoms with van der Waals surface area (Å²) in [4.78, 5) is 4.16.